The molecule has 0 bridgehead atoms. The van der Waals surface area contributed by atoms with Gasteiger partial charge in [-0.2, -0.15) is 0 Å². The maximum atomic E-state index is 6.60. The molecule has 3 nitrogen and oxygen atoms in total. The quantitative estimate of drug-likeness (QED) is 0.171. The molecule has 0 saturated heterocycles. The molecule has 0 amide bonds. The number of anilines is 3. The predicted octanol–water partition coefficient (Wildman–Crippen LogP) is 20.5. The number of benzene rings is 13. The molecule has 4 aliphatic rings. The minimum absolute atomic E-state index is 0.484. The molecule has 0 N–H and O–H groups in total. The summed E-state index contributed by atoms with van der Waals surface area (Å²) >= 11 is 0. The summed E-state index contributed by atoms with van der Waals surface area (Å²) in [5.41, 5.74) is 30.6. The molecule has 0 saturated carbocycles. The van der Waals surface area contributed by atoms with Gasteiger partial charge in [-0.1, -0.05) is 243 Å². The van der Waals surface area contributed by atoms with Crippen molar-refractivity contribution in [2.75, 3.05) is 4.90 Å². The lowest BCUT2D eigenvalue weighted by molar-refractivity contribution is 0.670. The monoisotopic (exact) mass is 1050 g/mol. The molecule has 13 aromatic carbocycles. The molecule has 19 rings (SSSR count). The Hall–Kier alpha value is -10.7. The van der Waals surface area contributed by atoms with Crippen molar-refractivity contribution in [1.29, 1.82) is 0 Å². The predicted molar refractivity (Wildman–Crippen MR) is 341 cm³/mol. The fourth-order valence-corrected chi connectivity index (χ4v) is 16.1. The minimum atomic E-state index is -0.539. The van der Waals surface area contributed by atoms with E-state index in [0.717, 1.165) is 50.1 Å². The van der Waals surface area contributed by atoms with Crippen molar-refractivity contribution >= 4 is 60.8 Å². The van der Waals surface area contributed by atoms with Crippen LogP contribution in [0.1, 0.15) is 44.5 Å². The second-order valence-electron chi connectivity index (χ2n) is 22.9. The summed E-state index contributed by atoms with van der Waals surface area (Å²) in [6, 6.07) is 109. The second-order valence-corrected chi connectivity index (χ2v) is 22.9. The maximum Gasteiger partial charge on any atom is 0.143 e. The number of para-hydroxylation sites is 5. The van der Waals surface area contributed by atoms with Crippen LogP contribution in [0.15, 0.2) is 296 Å². The normalized spacial score (nSPS) is 15.1. The first kappa shape index (κ1) is 45.0. The lowest BCUT2D eigenvalue weighted by atomic mass is 9.65. The highest BCUT2D eigenvalue weighted by atomic mass is 16.3. The van der Waals surface area contributed by atoms with Gasteiger partial charge in [-0.05, 0) is 138 Å². The van der Waals surface area contributed by atoms with Crippen molar-refractivity contribution in [1.82, 2.24) is 4.57 Å². The third-order valence-corrected chi connectivity index (χ3v) is 19.2. The molecule has 384 valence electrons. The van der Waals surface area contributed by atoms with Gasteiger partial charge in [0.15, 0.2) is 0 Å². The maximum absolute atomic E-state index is 6.60. The fourth-order valence-electron chi connectivity index (χ4n) is 16.1. The van der Waals surface area contributed by atoms with Gasteiger partial charge in [0.25, 0.3) is 0 Å². The topological polar surface area (TPSA) is 21.3 Å². The molecule has 15 aromatic rings. The van der Waals surface area contributed by atoms with Crippen LogP contribution in [-0.2, 0) is 10.8 Å². The van der Waals surface area contributed by atoms with Crippen LogP contribution in [0.5, 0.6) is 0 Å². The van der Waals surface area contributed by atoms with E-state index in [9.17, 15) is 0 Å². The number of hydrogen-bond acceptors (Lipinski definition) is 2. The van der Waals surface area contributed by atoms with Crippen molar-refractivity contribution in [3.8, 4) is 61.3 Å². The largest absolute Gasteiger partial charge is 0.455 e. The summed E-state index contributed by atoms with van der Waals surface area (Å²) in [6.45, 7) is 0. The Kier molecular flexibility index (Phi) is 8.92. The third-order valence-electron chi connectivity index (χ3n) is 19.2. The van der Waals surface area contributed by atoms with Gasteiger partial charge < -0.3 is 13.9 Å². The van der Waals surface area contributed by atoms with Gasteiger partial charge in [-0.15, -0.1) is 0 Å². The van der Waals surface area contributed by atoms with Crippen molar-refractivity contribution in [2.24, 2.45) is 0 Å². The van der Waals surface area contributed by atoms with Gasteiger partial charge in [0.05, 0.1) is 33.2 Å². The summed E-state index contributed by atoms with van der Waals surface area (Å²) in [6.07, 6.45) is 0. The van der Waals surface area contributed by atoms with E-state index < -0.39 is 10.8 Å². The molecule has 0 fully saturated rings. The standard InChI is InChI=1S/C80H48N2O/c1-7-29-63-55(19-1)56-20-2-8-30-64(56)79(63)66-32-10-4-24-62(66)76-69(79)35-18-39-73(76)81(52-47-43-50(44-48-52)54-26-15-28-60-58-22-6-14-40-74(58)83-78(54)60)51-45-41-49(42-46-51)53-25-16-34-68-75(53)61-23-3-9-31-65(61)80(68)67-33-11-13-38-72(67)82-71-37-12-5-21-57(71)59-27-17-36-70(80)77(59)82/h1-48H. The van der Waals surface area contributed by atoms with Crippen molar-refractivity contribution < 1.29 is 4.42 Å². The summed E-state index contributed by atoms with van der Waals surface area (Å²) in [5.74, 6) is 0. The SMILES string of the molecule is c1ccc2c(c1)-c1ccccc1C21c2ccccc2-c2c(N(c3ccc(-c4cccc5c4-c4ccccc4C54c5ccccc5-n5c6ccccc6c6cccc4c65)cc3)c3ccc(-c4cccc5c4oc4ccccc45)cc3)cccc21. The Bertz CT molecular complexity index is 5240. The van der Waals surface area contributed by atoms with Crippen LogP contribution in [0.2, 0.25) is 0 Å². The first-order valence-corrected chi connectivity index (χ1v) is 28.9. The highest BCUT2D eigenvalue weighted by molar-refractivity contribution is 6.14. The van der Waals surface area contributed by atoms with E-state index in [1.54, 1.807) is 0 Å². The van der Waals surface area contributed by atoms with Crippen LogP contribution in [0.25, 0.3) is 105 Å². The second kappa shape index (κ2) is 16.4. The van der Waals surface area contributed by atoms with Gasteiger partial charge in [0.2, 0.25) is 0 Å². The van der Waals surface area contributed by atoms with Crippen LogP contribution in [0.3, 0.4) is 0 Å². The summed E-state index contributed by atoms with van der Waals surface area (Å²) in [7, 11) is 0. The Labute approximate surface area is 479 Å². The van der Waals surface area contributed by atoms with Gasteiger partial charge in [-0.3, -0.25) is 0 Å². The van der Waals surface area contributed by atoms with Crippen LogP contribution >= 0.6 is 0 Å². The van der Waals surface area contributed by atoms with Crippen molar-refractivity contribution in [2.45, 2.75) is 10.8 Å². The van der Waals surface area contributed by atoms with Crippen LogP contribution in [0, 0.1) is 0 Å². The average molecular weight is 1050 g/mol. The molecule has 3 heteroatoms. The highest BCUT2D eigenvalue weighted by Gasteiger charge is 2.53. The molecular weight excluding hydrogens is 1000 g/mol. The first-order valence-electron chi connectivity index (χ1n) is 28.9. The molecule has 3 aliphatic carbocycles. The number of rotatable bonds is 5. The number of furan rings is 1. The van der Waals surface area contributed by atoms with Crippen molar-refractivity contribution in [3.05, 3.63) is 336 Å². The fraction of sp³-hybridized carbons (Fsp3) is 0.0250. The lowest BCUT2D eigenvalue weighted by Gasteiger charge is -2.39. The molecule has 2 spiro atoms. The Morgan fingerprint density at radius 1 is 0.289 bits per heavy atom. The summed E-state index contributed by atoms with van der Waals surface area (Å²) in [4.78, 5) is 2.50. The summed E-state index contributed by atoms with van der Waals surface area (Å²) < 4.78 is 9.13. The van der Waals surface area contributed by atoms with Crippen LogP contribution in [-0.4, -0.2) is 4.57 Å². The molecule has 1 atom stereocenters. The molecule has 3 heterocycles. The summed E-state index contributed by atoms with van der Waals surface area (Å²) in [5, 5.41) is 4.82. The number of hydrogen-bond donors (Lipinski definition) is 0. The molecule has 83 heavy (non-hydrogen) atoms. The number of nitrogens with zero attached hydrogens (tertiary/aromatic N) is 2. The van der Waals surface area contributed by atoms with Gasteiger partial charge >= 0.3 is 0 Å². The Balaban J connectivity index is 0.813. The average Bonchev–Trinajstić information content (AvgIpc) is 1.80. The molecule has 0 radical (unpaired) electrons. The molecule has 1 aliphatic heterocycles. The third kappa shape index (κ3) is 5.64. The van der Waals surface area contributed by atoms with E-state index in [2.05, 4.69) is 295 Å². The first-order chi connectivity index (χ1) is 41.2. The highest BCUT2D eigenvalue weighted by Crippen LogP contribution is 2.66. The molecule has 1 unspecified atom stereocenters. The van der Waals surface area contributed by atoms with Gasteiger partial charge in [-0.25, -0.2) is 0 Å². The van der Waals surface area contributed by atoms with E-state index in [4.69, 9.17) is 4.42 Å². The smallest absolute Gasteiger partial charge is 0.143 e. The van der Waals surface area contributed by atoms with Crippen molar-refractivity contribution in [3.63, 3.8) is 0 Å². The lowest BCUT2D eigenvalue weighted by Crippen LogP contribution is -2.33. The Morgan fingerprint density at radius 3 is 1.45 bits per heavy atom. The van der Waals surface area contributed by atoms with Gasteiger partial charge in [0, 0.05) is 44.0 Å². The zero-order chi connectivity index (χ0) is 54.1. The molecular formula is C80H48N2O. The molecule has 2 aromatic heterocycles. The number of fused-ring (bicyclic) bond motifs is 25. The van der Waals surface area contributed by atoms with E-state index >= 15 is 0 Å². The Morgan fingerprint density at radius 2 is 0.735 bits per heavy atom. The number of aromatic nitrogens is 1. The minimum Gasteiger partial charge on any atom is -0.455 e. The zero-order valence-electron chi connectivity index (χ0n) is 45.0. The van der Waals surface area contributed by atoms with Crippen LogP contribution in [0.4, 0.5) is 17.1 Å². The van der Waals surface area contributed by atoms with Gasteiger partial charge in [0.1, 0.15) is 11.2 Å². The van der Waals surface area contributed by atoms with E-state index in [1.807, 2.05) is 6.07 Å². The van der Waals surface area contributed by atoms with E-state index in [-0.39, 0.29) is 0 Å². The van der Waals surface area contributed by atoms with E-state index in [0.29, 0.717) is 0 Å². The van der Waals surface area contributed by atoms with Crippen LogP contribution < -0.4 is 4.90 Å². The van der Waals surface area contributed by atoms with E-state index in [1.165, 1.54) is 117 Å². The zero-order valence-corrected chi connectivity index (χ0v) is 45.0.